The number of carbonyl (C=O) groups is 1. The summed E-state index contributed by atoms with van der Waals surface area (Å²) in [5, 5.41) is 3.19. The quantitative estimate of drug-likeness (QED) is 0.922. The molecule has 3 rings (SSSR count). The summed E-state index contributed by atoms with van der Waals surface area (Å²) in [4.78, 5) is 16.9. The number of nitrogens with zero attached hydrogens (tertiary/aromatic N) is 2. The second-order valence-electron chi connectivity index (χ2n) is 6.92. The van der Waals surface area contributed by atoms with E-state index in [1.54, 1.807) is 7.11 Å². The average molecular weight is 331 g/mol. The third kappa shape index (κ3) is 4.71. The van der Waals surface area contributed by atoms with Crippen LogP contribution in [0, 0.1) is 0 Å². The lowest BCUT2D eigenvalue weighted by Crippen LogP contribution is -2.45. The van der Waals surface area contributed by atoms with Crippen LogP contribution in [0.5, 0.6) is 0 Å². The van der Waals surface area contributed by atoms with E-state index in [4.69, 9.17) is 4.74 Å². The van der Waals surface area contributed by atoms with Crippen molar-refractivity contribution in [3.05, 3.63) is 35.9 Å². The number of amides is 2. The summed E-state index contributed by atoms with van der Waals surface area (Å²) in [6.45, 7) is 4.60. The molecule has 0 aromatic heterocycles. The Hall–Kier alpha value is -1.59. The van der Waals surface area contributed by atoms with Crippen LogP contribution >= 0.6 is 0 Å². The molecule has 24 heavy (non-hydrogen) atoms. The minimum Gasteiger partial charge on any atom is -0.381 e. The van der Waals surface area contributed by atoms with Crippen molar-refractivity contribution in [3.63, 3.8) is 0 Å². The highest BCUT2D eigenvalue weighted by Gasteiger charge is 2.27. The van der Waals surface area contributed by atoms with Gasteiger partial charge in [-0.2, -0.15) is 0 Å². The van der Waals surface area contributed by atoms with Crippen LogP contribution in [0.15, 0.2) is 30.3 Å². The molecule has 1 saturated carbocycles. The lowest BCUT2D eigenvalue weighted by atomic mass is 10.2. The van der Waals surface area contributed by atoms with Gasteiger partial charge in [0, 0.05) is 45.9 Å². The van der Waals surface area contributed by atoms with Crippen LogP contribution in [0.25, 0.3) is 0 Å². The molecule has 2 atom stereocenters. The molecule has 1 aliphatic carbocycles. The Balaban J connectivity index is 1.45. The van der Waals surface area contributed by atoms with E-state index in [9.17, 15) is 4.79 Å². The first kappa shape index (κ1) is 17.2. The van der Waals surface area contributed by atoms with Crippen LogP contribution < -0.4 is 5.32 Å². The fourth-order valence-corrected chi connectivity index (χ4v) is 3.72. The van der Waals surface area contributed by atoms with E-state index in [2.05, 4.69) is 40.5 Å². The van der Waals surface area contributed by atoms with Gasteiger partial charge >= 0.3 is 6.03 Å². The summed E-state index contributed by atoms with van der Waals surface area (Å²) in [6.07, 6.45) is 4.35. The highest BCUT2D eigenvalue weighted by atomic mass is 16.5. The summed E-state index contributed by atoms with van der Waals surface area (Å²) in [6, 6.07) is 10.9. The van der Waals surface area contributed by atoms with E-state index >= 15 is 0 Å². The first-order valence-corrected chi connectivity index (χ1v) is 9.09. The van der Waals surface area contributed by atoms with E-state index in [1.807, 2.05) is 4.90 Å². The van der Waals surface area contributed by atoms with Crippen LogP contribution in [-0.4, -0.2) is 61.3 Å². The summed E-state index contributed by atoms with van der Waals surface area (Å²) >= 11 is 0. The van der Waals surface area contributed by atoms with Gasteiger partial charge < -0.3 is 15.0 Å². The monoisotopic (exact) mass is 331 g/mol. The molecule has 1 aliphatic heterocycles. The fourth-order valence-electron chi connectivity index (χ4n) is 3.72. The van der Waals surface area contributed by atoms with Gasteiger partial charge in [-0.25, -0.2) is 4.79 Å². The second kappa shape index (κ2) is 8.49. The molecule has 0 bridgehead atoms. The molecule has 132 valence electrons. The Labute approximate surface area is 145 Å². The Morgan fingerprint density at radius 3 is 2.75 bits per heavy atom. The zero-order chi connectivity index (χ0) is 16.8. The van der Waals surface area contributed by atoms with Crippen LogP contribution in [-0.2, 0) is 11.3 Å². The molecule has 1 aromatic rings. The molecule has 1 N–H and O–H groups in total. The Kier molecular flexibility index (Phi) is 6.10. The number of nitrogens with one attached hydrogen (secondary N) is 1. The SMILES string of the molecule is CO[C@@H]1CC[C@@H](NC(=O)N2CCCN(Cc3ccccc3)CC2)C1. The molecule has 0 radical (unpaired) electrons. The molecule has 1 heterocycles. The summed E-state index contributed by atoms with van der Waals surface area (Å²) in [5.74, 6) is 0. The molecule has 2 aliphatic rings. The maximum absolute atomic E-state index is 12.5. The largest absolute Gasteiger partial charge is 0.381 e. The number of methoxy groups -OCH3 is 1. The van der Waals surface area contributed by atoms with Gasteiger partial charge in [0.25, 0.3) is 0 Å². The summed E-state index contributed by atoms with van der Waals surface area (Å²) in [7, 11) is 1.75. The summed E-state index contributed by atoms with van der Waals surface area (Å²) < 4.78 is 5.39. The van der Waals surface area contributed by atoms with Crippen molar-refractivity contribution in [2.24, 2.45) is 0 Å². The van der Waals surface area contributed by atoms with E-state index in [0.29, 0.717) is 6.10 Å². The number of ether oxygens (including phenoxy) is 1. The van der Waals surface area contributed by atoms with Crippen LogP contribution in [0.4, 0.5) is 4.79 Å². The van der Waals surface area contributed by atoms with Gasteiger partial charge in [-0.3, -0.25) is 4.90 Å². The number of benzene rings is 1. The van der Waals surface area contributed by atoms with E-state index in [0.717, 1.165) is 58.4 Å². The van der Waals surface area contributed by atoms with Crippen molar-refractivity contribution in [2.45, 2.75) is 44.4 Å². The van der Waals surface area contributed by atoms with Gasteiger partial charge in [-0.15, -0.1) is 0 Å². The maximum Gasteiger partial charge on any atom is 0.317 e. The molecule has 5 heteroatoms. The van der Waals surface area contributed by atoms with Crippen LogP contribution in [0.1, 0.15) is 31.2 Å². The Morgan fingerprint density at radius 1 is 1.17 bits per heavy atom. The zero-order valence-electron chi connectivity index (χ0n) is 14.6. The Bertz CT molecular complexity index is 523. The fraction of sp³-hybridized carbons (Fsp3) is 0.632. The van der Waals surface area contributed by atoms with Crippen molar-refractivity contribution in [3.8, 4) is 0 Å². The second-order valence-corrected chi connectivity index (χ2v) is 6.92. The van der Waals surface area contributed by atoms with Crippen molar-refractivity contribution in [2.75, 3.05) is 33.3 Å². The standard InChI is InChI=1S/C19H29N3O2/c1-24-18-9-8-17(14-18)20-19(23)22-11-5-10-21(12-13-22)15-16-6-3-2-4-7-16/h2-4,6-7,17-18H,5,8-15H2,1H3,(H,20,23)/t17-,18-/m1/s1. The molecule has 5 nitrogen and oxygen atoms in total. The van der Waals surface area contributed by atoms with Gasteiger partial charge in [0.1, 0.15) is 0 Å². The maximum atomic E-state index is 12.5. The van der Waals surface area contributed by atoms with Gasteiger partial charge in [-0.05, 0) is 31.2 Å². The summed E-state index contributed by atoms with van der Waals surface area (Å²) in [5.41, 5.74) is 1.34. The Morgan fingerprint density at radius 2 is 2.00 bits per heavy atom. The lowest BCUT2D eigenvalue weighted by molar-refractivity contribution is 0.107. The van der Waals surface area contributed by atoms with Gasteiger partial charge in [0.05, 0.1) is 6.10 Å². The highest BCUT2D eigenvalue weighted by molar-refractivity contribution is 5.74. The number of hydrogen-bond donors (Lipinski definition) is 1. The first-order chi connectivity index (χ1) is 11.7. The molecule has 2 fully saturated rings. The predicted octanol–water partition coefficient (Wildman–Crippen LogP) is 2.47. The van der Waals surface area contributed by atoms with E-state index in [-0.39, 0.29) is 12.1 Å². The number of carbonyl (C=O) groups excluding carboxylic acids is 1. The average Bonchev–Trinajstić information content (AvgIpc) is 2.92. The number of urea groups is 1. The van der Waals surface area contributed by atoms with Gasteiger partial charge in [0.15, 0.2) is 0 Å². The zero-order valence-corrected chi connectivity index (χ0v) is 14.6. The minimum absolute atomic E-state index is 0.0957. The predicted molar refractivity (Wildman–Crippen MR) is 94.9 cm³/mol. The van der Waals surface area contributed by atoms with Crippen LogP contribution in [0.2, 0.25) is 0 Å². The first-order valence-electron chi connectivity index (χ1n) is 9.09. The molecule has 0 spiro atoms. The van der Waals surface area contributed by atoms with Gasteiger partial charge in [-0.1, -0.05) is 30.3 Å². The minimum atomic E-state index is 0.0957. The molecule has 1 aromatic carbocycles. The van der Waals surface area contributed by atoms with E-state index in [1.165, 1.54) is 5.56 Å². The molecular formula is C19H29N3O2. The normalized spacial score (nSPS) is 25.5. The molecule has 2 amide bonds. The smallest absolute Gasteiger partial charge is 0.317 e. The molecule has 1 saturated heterocycles. The lowest BCUT2D eigenvalue weighted by Gasteiger charge is -2.24. The molecule has 0 unspecified atom stereocenters. The number of hydrogen-bond acceptors (Lipinski definition) is 3. The third-order valence-corrected chi connectivity index (χ3v) is 5.17. The van der Waals surface area contributed by atoms with Crippen molar-refractivity contribution >= 4 is 6.03 Å². The highest BCUT2D eigenvalue weighted by Crippen LogP contribution is 2.21. The van der Waals surface area contributed by atoms with Crippen LogP contribution in [0.3, 0.4) is 0 Å². The third-order valence-electron chi connectivity index (χ3n) is 5.17. The van der Waals surface area contributed by atoms with E-state index < -0.39 is 0 Å². The topological polar surface area (TPSA) is 44.8 Å². The van der Waals surface area contributed by atoms with Crippen molar-refractivity contribution in [1.82, 2.24) is 15.1 Å². The molecular weight excluding hydrogens is 302 g/mol. The number of rotatable bonds is 4. The van der Waals surface area contributed by atoms with Gasteiger partial charge in [0.2, 0.25) is 0 Å². The van der Waals surface area contributed by atoms with Crippen molar-refractivity contribution < 1.29 is 9.53 Å². The van der Waals surface area contributed by atoms with Crippen molar-refractivity contribution in [1.29, 1.82) is 0 Å².